The highest BCUT2D eigenvalue weighted by Gasteiger charge is 2.07. The smallest absolute Gasteiger partial charge is 0.312 e. The third-order valence-electron chi connectivity index (χ3n) is 1.38. The lowest BCUT2D eigenvalue weighted by molar-refractivity contribution is -0.140. The third-order valence-corrected chi connectivity index (χ3v) is 1.38. The van der Waals surface area contributed by atoms with E-state index in [0.29, 0.717) is 12.3 Å². The Morgan fingerprint density at radius 2 is 2.36 bits per heavy atom. The van der Waals surface area contributed by atoms with Gasteiger partial charge in [0.15, 0.2) is 6.33 Å². The number of carboxylic acid groups (broad SMARTS) is 1. The molecule has 0 saturated carbocycles. The molecule has 76 valence electrons. The Labute approximate surface area is 79.1 Å². The molecule has 2 N–H and O–H groups in total. The van der Waals surface area contributed by atoms with Crippen molar-refractivity contribution in [2.75, 3.05) is 6.54 Å². The summed E-state index contributed by atoms with van der Waals surface area (Å²) in [5, 5.41) is 14.0. The second-order valence-corrected chi connectivity index (χ2v) is 2.51. The van der Waals surface area contributed by atoms with Crippen LogP contribution in [-0.2, 0) is 16.0 Å². The van der Waals surface area contributed by atoms with Crippen LogP contribution in [-0.4, -0.2) is 33.7 Å². The minimum atomic E-state index is -1.15. The predicted octanol–water partition coefficient (Wildman–Crippen LogP) is -0.797. The summed E-state index contributed by atoms with van der Waals surface area (Å²) in [6, 6.07) is 0. The van der Waals surface area contributed by atoms with Crippen LogP contribution < -0.4 is 5.32 Å². The standard InChI is InChI=1S/C7H9N3O4/c11-5(3-7(12)13)8-2-1-6-9-4-10-14-6/h4H,1-3H2,(H,8,11)(H,12,13). The first-order valence-electron chi connectivity index (χ1n) is 3.92. The Morgan fingerprint density at radius 3 is 2.93 bits per heavy atom. The van der Waals surface area contributed by atoms with E-state index in [-0.39, 0.29) is 6.54 Å². The molecular formula is C7H9N3O4. The lowest BCUT2D eigenvalue weighted by Crippen LogP contribution is -2.27. The summed E-state index contributed by atoms with van der Waals surface area (Å²) in [6.07, 6.45) is 1.13. The van der Waals surface area contributed by atoms with E-state index < -0.39 is 18.3 Å². The lowest BCUT2D eigenvalue weighted by atomic mass is 10.3. The SMILES string of the molecule is O=C(O)CC(=O)NCCc1ncno1. The quantitative estimate of drug-likeness (QED) is 0.601. The molecule has 0 atom stereocenters. The van der Waals surface area contributed by atoms with Gasteiger partial charge in [-0.3, -0.25) is 9.59 Å². The number of hydrogen-bond acceptors (Lipinski definition) is 5. The van der Waals surface area contributed by atoms with Crippen molar-refractivity contribution in [3.63, 3.8) is 0 Å². The van der Waals surface area contributed by atoms with E-state index >= 15 is 0 Å². The van der Waals surface area contributed by atoms with Crippen LogP contribution in [0.3, 0.4) is 0 Å². The number of carbonyl (C=O) groups is 2. The van der Waals surface area contributed by atoms with E-state index in [0.717, 1.165) is 0 Å². The summed E-state index contributed by atoms with van der Waals surface area (Å²) >= 11 is 0. The fraction of sp³-hybridized carbons (Fsp3) is 0.429. The molecule has 0 saturated heterocycles. The summed E-state index contributed by atoms with van der Waals surface area (Å²) in [7, 11) is 0. The van der Waals surface area contributed by atoms with Crippen LogP contribution in [0.1, 0.15) is 12.3 Å². The number of nitrogens with zero attached hydrogens (tertiary/aromatic N) is 2. The number of rotatable bonds is 5. The van der Waals surface area contributed by atoms with Crippen molar-refractivity contribution >= 4 is 11.9 Å². The first-order chi connectivity index (χ1) is 6.68. The maximum absolute atomic E-state index is 10.8. The van der Waals surface area contributed by atoms with Crippen LogP contribution in [0, 0.1) is 0 Å². The van der Waals surface area contributed by atoms with Crippen molar-refractivity contribution in [1.82, 2.24) is 15.5 Å². The van der Waals surface area contributed by atoms with Gasteiger partial charge >= 0.3 is 5.97 Å². The van der Waals surface area contributed by atoms with E-state index in [4.69, 9.17) is 5.11 Å². The van der Waals surface area contributed by atoms with Crippen LogP contribution >= 0.6 is 0 Å². The van der Waals surface area contributed by atoms with E-state index in [2.05, 4.69) is 20.0 Å². The van der Waals surface area contributed by atoms with E-state index in [9.17, 15) is 9.59 Å². The van der Waals surface area contributed by atoms with Gasteiger partial charge in [0.05, 0.1) is 0 Å². The molecule has 0 aliphatic heterocycles. The zero-order chi connectivity index (χ0) is 10.4. The molecule has 1 aromatic rings. The van der Waals surface area contributed by atoms with Gasteiger partial charge in [-0.15, -0.1) is 0 Å². The summed E-state index contributed by atoms with van der Waals surface area (Å²) in [6.45, 7) is 0.286. The molecule has 7 nitrogen and oxygen atoms in total. The zero-order valence-corrected chi connectivity index (χ0v) is 7.27. The van der Waals surface area contributed by atoms with Crippen molar-refractivity contribution in [3.05, 3.63) is 12.2 Å². The average molecular weight is 199 g/mol. The highest BCUT2D eigenvalue weighted by atomic mass is 16.5. The monoisotopic (exact) mass is 199 g/mol. The molecule has 1 aromatic heterocycles. The van der Waals surface area contributed by atoms with Crippen molar-refractivity contribution in [3.8, 4) is 0 Å². The zero-order valence-electron chi connectivity index (χ0n) is 7.27. The van der Waals surface area contributed by atoms with Crippen LogP contribution in [0.25, 0.3) is 0 Å². The number of hydrogen-bond donors (Lipinski definition) is 2. The van der Waals surface area contributed by atoms with Gasteiger partial charge in [-0.2, -0.15) is 4.98 Å². The molecule has 1 heterocycles. The topological polar surface area (TPSA) is 105 Å². The molecule has 0 aromatic carbocycles. The molecule has 0 fully saturated rings. The summed E-state index contributed by atoms with van der Waals surface area (Å²) in [4.78, 5) is 24.7. The first kappa shape index (κ1) is 10.2. The van der Waals surface area contributed by atoms with Gasteiger partial charge in [0.25, 0.3) is 0 Å². The number of carbonyl (C=O) groups excluding carboxylic acids is 1. The van der Waals surface area contributed by atoms with Gasteiger partial charge in [0, 0.05) is 13.0 Å². The van der Waals surface area contributed by atoms with Crippen LogP contribution in [0.15, 0.2) is 10.9 Å². The molecule has 0 spiro atoms. The third kappa shape index (κ3) is 3.65. The predicted molar refractivity (Wildman–Crippen MR) is 43.3 cm³/mol. The Kier molecular flexibility index (Phi) is 3.59. The van der Waals surface area contributed by atoms with Gasteiger partial charge in [-0.25, -0.2) is 0 Å². The molecule has 0 aliphatic carbocycles. The van der Waals surface area contributed by atoms with Crippen LogP contribution in [0.2, 0.25) is 0 Å². The minimum absolute atomic E-state index is 0.286. The van der Waals surface area contributed by atoms with Gasteiger partial charge in [-0.1, -0.05) is 5.16 Å². The largest absolute Gasteiger partial charge is 0.481 e. The molecule has 7 heteroatoms. The number of carboxylic acids is 1. The second kappa shape index (κ2) is 4.95. The van der Waals surface area contributed by atoms with E-state index in [1.54, 1.807) is 0 Å². The summed E-state index contributed by atoms with van der Waals surface area (Å²) < 4.78 is 4.67. The van der Waals surface area contributed by atoms with Crippen LogP contribution in [0.5, 0.6) is 0 Å². The molecule has 0 bridgehead atoms. The van der Waals surface area contributed by atoms with Gasteiger partial charge in [-0.05, 0) is 0 Å². The fourth-order valence-electron chi connectivity index (χ4n) is 0.815. The highest BCUT2D eigenvalue weighted by molar-refractivity contribution is 5.93. The van der Waals surface area contributed by atoms with Crippen molar-refractivity contribution in [2.45, 2.75) is 12.8 Å². The fourth-order valence-corrected chi connectivity index (χ4v) is 0.815. The van der Waals surface area contributed by atoms with Crippen LogP contribution in [0.4, 0.5) is 0 Å². The van der Waals surface area contributed by atoms with E-state index in [1.807, 2.05) is 0 Å². The molecule has 0 radical (unpaired) electrons. The summed E-state index contributed by atoms with van der Waals surface area (Å²) in [5.74, 6) is -1.28. The second-order valence-electron chi connectivity index (χ2n) is 2.51. The Balaban J connectivity index is 2.15. The summed E-state index contributed by atoms with van der Waals surface area (Å²) in [5.41, 5.74) is 0. The first-order valence-corrected chi connectivity index (χ1v) is 3.92. The molecule has 1 amide bonds. The normalized spacial score (nSPS) is 9.71. The molecule has 0 aliphatic rings. The number of amides is 1. The number of aromatic nitrogens is 2. The van der Waals surface area contributed by atoms with Gasteiger partial charge < -0.3 is 14.9 Å². The Bertz CT molecular complexity index is 309. The lowest BCUT2D eigenvalue weighted by Gasteiger charge is -1.99. The van der Waals surface area contributed by atoms with Crippen molar-refractivity contribution < 1.29 is 19.2 Å². The van der Waals surface area contributed by atoms with Gasteiger partial charge in [0.1, 0.15) is 6.42 Å². The number of aliphatic carboxylic acids is 1. The molecule has 1 rings (SSSR count). The Morgan fingerprint density at radius 1 is 1.57 bits per heavy atom. The molecule has 0 unspecified atom stereocenters. The maximum Gasteiger partial charge on any atom is 0.312 e. The highest BCUT2D eigenvalue weighted by Crippen LogP contribution is 1.90. The van der Waals surface area contributed by atoms with Crippen molar-refractivity contribution in [1.29, 1.82) is 0 Å². The Hall–Kier alpha value is -1.92. The number of nitrogens with one attached hydrogen (secondary N) is 1. The average Bonchev–Trinajstić information content (AvgIpc) is 2.55. The van der Waals surface area contributed by atoms with E-state index in [1.165, 1.54) is 6.33 Å². The van der Waals surface area contributed by atoms with Gasteiger partial charge in [0.2, 0.25) is 11.8 Å². The molecule has 14 heavy (non-hydrogen) atoms. The van der Waals surface area contributed by atoms with Crippen molar-refractivity contribution in [2.24, 2.45) is 0 Å². The maximum atomic E-state index is 10.8. The molecular weight excluding hydrogens is 190 g/mol. The minimum Gasteiger partial charge on any atom is -0.481 e.